The van der Waals surface area contributed by atoms with Gasteiger partial charge in [0.1, 0.15) is 0 Å². The maximum Gasteiger partial charge on any atom is 0.186 e. The summed E-state index contributed by atoms with van der Waals surface area (Å²) in [6.07, 6.45) is 1.83. The summed E-state index contributed by atoms with van der Waals surface area (Å²) in [4.78, 5) is 12.1. The molecule has 20 heavy (non-hydrogen) atoms. The minimum atomic E-state index is -0.674. The van der Waals surface area contributed by atoms with Gasteiger partial charge in [0, 0.05) is 39.8 Å². The highest BCUT2D eigenvalue weighted by Gasteiger charge is 2.19. The zero-order chi connectivity index (χ0) is 15.1. The normalized spacial score (nSPS) is 11.7. The van der Waals surface area contributed by atoms with Crippen molar-refractivity contribution in [1.29, 1.82) is 0 Å². The van der Waals surface area contributed by atoms with Crippen LogP contribution in [0.25, 0.3) is 5.69 Å². The topological polar surface area (TPSA) is 48.0 Å². The first-order valence-electron chi connectivity index (χ1n) is 6.49. The van der Waals surface area contributed by atoms with Crippen molar-refractivity contribution in [1.82, 2.24) is 4.57 Å². The van der Waals surface area contributed by atoms with Crippen LogP contribution in [-0.2, 0) is 5.54 Å². The molecule has 1 heterocycles. The van der Waals surface area contributed by atoms with Gasteiger partial charge in [-0.2, -0.15) is 0 Å². The molecule has 0 radical (unpaired) electrons. The molecule has 2 rings (SSSR count). The molecule has 1 aromatic carbocycles. The fourth-order valence-corrected chi connectivity index (χ4v) is 2.49. The number of halogens is 1. The Morgan fingerprint density at radius 1 is 1.20 bits per heavy atom. The van der Waals surface area contributed by atoms with Gasteiger partial charge < -0.3 is 10.3 Å². The van der Waals surface area contributed by atoms with Gasteiger partial charge in [0.2, 0.25) is 0 Å². The van der Waals surface area contributed by atoms with Crippen molar-refractivity contribution in [2.45, 2.75) is 33.2 Å². The molecule has 0 fully saturated rings. The summed E-state index contributed by atoms with van der Waals surface area (Å²) in [6, 6.07) is 7.32. The number of aryl methyl sites for hydroxylation is 2. The highest BCUT2D eigenvalue weighted by atomic mass is 35.5. The number of nitrogens with two attached hydrogens (primary N) is 1. The maximum atomic E-state index is 12.1. The second-order valence-corrected chi connectivity index (χ2v) is 6.15. The number of nitrogens with zero attached hydrogens (tertiary/aromatic N) is 1. The SMILES string of the molecule is Cc1cc(Cl)ccc1-n1cc(C(C)(C)N)c(=O)cc1C. The van der Waals surface area contributed by atoms with Gasteiger partial charge in [-0.25, -0.2) is 0 Å². The largest absolute Gasteiger partial charge is 0.322 e. The third-order valence-corrected chi connectivity index (χ3v) is 3.59. The van der Waals surface area contributed by atoms with Gasteiger partial charge in [0.25, 0.3) is 0 Å². The van der Waals surface area contributed by atoms with Crippen LogP contribution in [-0.4, -0.2) is 4.57 Å². The zero-order valence-electron chi connectivity index (χ0n) is 12.2. The number of hydrogen-bond donors (Lipinski definition) is 1. The maximum absolute atomic E-state index is 12.1. The molecule has 2 N–H and O–H groups in total. The minimum absolute atomic E-state index is 0.0298. The highest BCUT2D eigenvalue weighted by Crippen LogP contribution is 2.22. The Morgan fingerprint density at radius 3 is 2.40 bits per heavy atom. The molecule has 0 saturated carbocycles. The summed E-state index contributed by atoms with van der Waals surface area (Å²) in [5.74, 6) is 0. The first-order chi connectivity index (χ1) is 9.20. The predicted molar refractivity (Wildman–Crippen MR) is 83.7 cm³/mol. The lowest BCUT2D eigenvalue weighted by molar-refractivity contribution is 0.544. The number of pyridine rings is 1. The number of rotatable bonds is 2. The summed E-state index contributed by atoms with van der Waals surface area (Å²) < 4.78 is 1.98. The molecule has 0 aliphatic heterocycles. The minimum Gasteiger partial charge on any atom is -0.322 e. The zero-order valence-corrected chi connectivity index (χ0v) is 13.0. The van der Waals surface area contributed by atoms with E-state index in [2.05, 4.69) is 0 Å². The molecule has 0 saturated heterocycles. The van der Waals surface area contributed by atoms with Crippen LogP contribution in [0.2, 0.25) is 5.02 Å². The number of aromatic nitrogens is 1. The van der Waals surface area contributed by atoms with E-state index in [0.29, 0.717) is 10.6 Å². The van der Waals surface area contributed by atoms with Crippen molar-refractivity contribution >= 4 is 11.6 Å². The second-order valence-electron chi connectivity index (χ2n) is 5.72. The van der Waals surface area contributed by atoms with Crippen LogP contribution < -0.4 is 11.2 Å². The number of benzene rings is 1. The van der Waals surface area contributed by atoms with Gasteiger partial charge in [-0.05, 0) is 51.5 Å². The average molecular weight is 291 g/mol. The lowest BCUT2D eigenvalue weighted by atomic mass is 9.96. The van der Waals surface area contributed by atoms with Crippen LogP contribution >= 0.6 is 11.6 Å². The summed E-state index contributed by atoms with van der Waals surface area (Å²) >= 11 is 5.99. The van der Waals surface area contributed by atoms with Crippen LogP contribution in [0, 0.1) is 13.8 Å². The molecule has 4 heteroatoms. The molecule has 0 aliphatic rings. The monoisotopic (exact) mass is 290 g/mol. The molecule has 2 aromatic rings. The Kier molecular flexibility index (Phi) is 3.76. The Balaban J connectivity index is 2.72. The molecule has 0 unspecified atom stereocenters. The molecular formula is C16H19ClN2O. The molecular weight excluding hydrogens is 272 g/mol. The van der Waals surface area contributed by atoms with E-state index >= 15 is 0 Å². The molecule has 0 bridgehead atoms. The first kappa shape index (κ1) is 14.8. The Morgan fingerprint density at radius 2 is 1.85 bits per heavy atom. The Bertz CT molecular complexity index is 711. The Labute approximate surface area is 124 Å². The van der Waals surface area contributed by atoms with Gasteiger partial charge in [-0.1, -0.05) is 11.6 Å². The van der Waals surface area contributed by atoms with Gasteiger partial charge in [0.15, 0.2) is 5.43 Å². The van der Waals surface area contributed by atoms with Gasteiger partial charge >= 0.3 is 0 Å². The standard InChI is InChI=1S/C16H19ClN2O/c1-10-7-12(17)5-6-14(10)19-9-13(16(3,4)18)15(20)8-11(19)2/h5-9H,18H2,1-4H3. The van der Waals surface area contributed by atoms with Crippen LogP contribution in [0.15, 0.2) is 35.3 Å². The predicted octanol–water partition coefficient (Wildman–Crippen LogP) is 3.30. The van der Waals surface area contributed by atoms with E-state index in [-0.39, 0.29) is 5.43 Å². The van der Waals surface area contributed by atoms with Crippen molar-refractivity contribution in [2.24, 2.45) is 5.73 Å². The summed E-state index contributed by atoms with van der Waals surface area (Å²) in [5, 5.41) is 0.698. The van der Waals surface area contributed by atoms with Crippen molar-refractivity contribution in [3.8, 4) is 5.69 Å². The lowest BCUT2D eigenvalue weighted by Crippen LogP contribution is -2.35. The third kappa shape index (κ3) is 2.79. The summed E-state index contributed by atoms with van der Waals surface area (Å²) in [6.45, 7) is 7.56. The van der Waals surface area contributed by atoms with E-state index < -0.39 is 5.54 Å². The molecule has 0 amide bonds. The van der Waals surface area contributed by atoms with E-state index in [1.165, 1.54) is 0 Å². The van der Waals surface area contributed by atoms with Crippen LogP contribution in [0.4, 0.5) is 0 Å². The van der Waals surface area contributed by atoms with Crippen LogP contribution in [0.1, 0.15) is 30.7 Å². The van der Waals surface area contributed by atoms with Gasteiger partial charge in [-0.15, -0.1) is 0 Å². The van der Waals surface area contributed by atoms with E-state index in [1.807, 2.05) is 56.7 Å². The van der Waals surface area contributed by atoms with E-state index in [9.17, 15) is 4.79 Å². The summed E-state index contributed by atoms with van der Waals surface area (Å²) in [5.41, 5.74) is 8.89. The van der Waals surface area contributed by atoms with E-state index in [1.54, 1.807) is 6.07 Å². The molecule has 0 atom stereocenters. The van der Waals surface area contributed by atoms with Crippen molar-refractivity contribution in [3.05, 3.63) is 62.5 Å². The molecule has 1 aromatic heterocycles. The molecule has 106 valence electrons. The lowest BCUT2D eigenvalue weighted by Gasteiger charge is -2.22. The summed E-state index contributed by atoms with van der Waals surface area (Å²) in [7, 11) is 0. The smallest absolute Gasteiger partial charge is 0.186 e. The van der Waals surface area contributed by atoms with Crippen LogP contribution in [0.3, 0.4) is 0 Å². The molecule has 0 spiro atoms. The fourth-order valence-electron chi connectivity index (χ4n) is 2.26. The molecule has 0 aliphatic carbocycles. The van der Waals surface area contributed by atoms with Crippen molar-refractivity contribution < 1.29 is 0 Å². The fraction of sp³-hybridized carbons (Fsp3) is 0.312. The van der Waals surface area contributed by atoms with E-state index in [0.717, 1.165) is 16.9 Å². The van der Waals surface area contributed by atoms with Crippen molar-refractivity contribution in [2.75, 3.05) is 0 Å². The average Bonchev–Trinajstić information content (AvgIpc) is 2.28. The van der Waals surface area contributed by atoms with Crippen molar-refractivity contribution in [3.63, 3.8) is 0 Å². The number of hydrogen-bond acceptors (Lipinski definition) is 2. The second kappa shape index (κ2) is 5.08. The first-order valence-corrected chi connectivity index (χ1v) is 6.87. The highest BCUT2D eigenvalue weighted by molar-refractivity contribution is 6.30. The van der Waals surface area contributed by atoms with Gasteiger partial charge in [0.05, 0.1) is 0 Å². The van der Waals surface area contributed by atoms with E-state index in [4.69, 9.17) is 17.3 Å². The van der Waals surface area contributed by atoms with Crippen LogP contribution in [0.5, 0.6) is 0 Å². The quantitative estimate of drug-likeness (QED) is 0.922. The third-order valence-electron chi connectivity index (χ3n) is 3.36. The molecule has 3 nitrogen and oxygen atoms in total. The Hall–Kier alpha value is -1.58. The van der Waals surface area contributed by atoms with Gasteiger partial charge in [-0.3, -0.25) is 4.79 Å².